The van der Waals surface area contributed by atoms with Crippen molar-refractivity contribution < 1.29 is 4.39 Å². The van der Waals surface area contributed by atoms with Crippen LogP contribution in [0.5, 0.6) is 0 Å². The number of aromatic nitrogens is 2. The molecule has 0 saturated carbocycles. The fourth-order valence-electron chi connectivity index (χ4n) is 2.53. The minimum Gasteiger partial charge on any atom is -0.352 e. The summed E-state index contributed by atoms with van der Waals surface area (Å²) >= 11 is 0. The van der Waals surface area contributed by atoms with Gasteiger partial charge in [-0.15, -0.1) is 0 Å². The molecule has 3 aromatic rings. The van der Waals surface area contributed by atoms with Crippen molar-refractivity contribution in [2.75, 3.05) is 10.6 Å². The second kappa shape index (κ2) is 8.28. The third kappa shape index (κ3) is 4.39. The predicted octanol–water partition coefficient (Wildman–Crippen LogP) is 5.11. The minimum absolute atomic E-state index is 0.0474. The number of hydrogen-bond acceptors (Lipinski definition) is 5. The van der Waals surface area contributed by atoms with Gasteiger partial charge < -0.3 is 10.6 Å². The van der Waals surface area contributed by atoms with Gasteiger partial charge in [-0.3, -0.25) is 0 Å². The van der Waals surface area contributed by atoms with Gasteiger partial charge in [0.25, 0.3) is 0 Å². The molecular formula is C21H20FN5. The lowest BCUT2D eigenvalue weighted by molar-refractivity contribution is 0.624. The Morgan fingerprint density at radius 1 is 1.11 bits per heavy atom. The fourth-order valence-corrected chi connectivity index (χ4v) is 2.53. The van der Waals surface area contributed by atoms with Gasteiger partial charge in [0.15, 0.2) is 0 Å². The van der Waals surface area contributed by atoms with Crippen LogP contribution in [0.2, 0.25) is 0 Å². The second-order valence-corrected chi connectivity index (χ2v) is 6.18. The molecule has 0 aliphatic carbocycles. The number of hydrogen-bond donors (Lipinski definition) is 2. The zero-order chi connectivity index (χ0) is 19.2. The number of nitriles is 1. The van der Waals surface area contributed by atoms with Crippen LogP contribution in [0.3, 0.4) is 0 Å². The van der Waals surface area contributed by atoms with Crippen molar-refractivity contribution >= 4 is 17.5 Å². The van der Waals surface area contributed by atoms with Crippen molar-refractivity contribution in [3.05, 3.63) is 66.0 Å². The van der Waals surface area contributed by atoms with E-state index in [2.05, 4.69) is 27.5 Å². The summed E-state index contributed by atoms with van der Waals surface area (Å²) in [6, 6.07) is 18.1. The summed E-state index contributed by atoms with van der Waals surface area (Å²) in [6.45, 7) is 4.12. The smallest absolute Gasteiger partial charge is 0.225 e. The summed E-state index contributed by atoms with van der Waals surface area (Å²) in [4.78, 5) is 9.07. The molecule has 3 rings (SSSR count). The highest BCUT2D eigenvalue weighted by atomic mass is 19.1. The highest BCUT2D eigenvalue weighted by Gasteiger charge is 2.12. The van der Waals surface area contributed by atoms with Crippen molar-refractivity contribution in [1.82, 2.24) is 9.97 Å². The monoisotopic (exact) mass is 361 g/mol. The standard InChI is InChI=1S/C21H20FN5/c1-3-14(2)24-21-26-19(15-8-5-4-6-9-15)12-20(27-21)25-18-11-7-10-17(22)16(18)13-23/h4-12,14H,3H2,1-2H3,(H2,24,25,26,27)/t14-/m0/s1. The number of halogens is 1. The first-order chi connectivity index (χ1) is 13.1. The Morgan fingerprint density at radius 3 is 2.59 bits per heavy atom. The zero-order valence-corrected chi connectivity index (χ0v) is 15.2. The number of rotatable bonds is 6. The number of anilines is 3. The molecule has 27 heavy (non-hydrogen) atoms. The Morgan fingerprint density at radius 2 is 1.89 bits per heavy atom. The molecule has 0 amide bonds. The fraction of sp³-hybridized carbons (Fsp3) is 0.190. The van der Waals surface area contributed by atoms with Crippen molar-refractivity contribution in [3.63, 3.8) is 0 Å². The van der Waals surface area contributed by atoms with Crippen molar-refractivity contribution in [2.45, 2.75) is 26.3 Å². The summed E-state index contributed by atoms with van der Waals surface area (Å²) < 4.78 is 13.9. The van der Waals surface area contributed by atoms with Gasteiger partial charge in [-0.05, 0) is 25.5 Å². The second-order valence-electron chi connectivity index (χ2n) is 6.18. The molecule has 6 heteroatoms. The largest absolute Gasteiger partial charge is 0.352 e. The third-order valence-electron chi connectivity index (χ3n) is 4.17. The van der Waals surface area contributed by atoms with Crippen LogP contribution in [-0.2, 0) is 0 Å². The first-order valence-corrected chi connectivity index (χ1v) is 8.77. The van der Waals surface area contributed by atoms with Crippen molar-refractivity contribution in [3.8, 4) is 17.3 Å². The highest BCUT2D eigenvalue weighted by Crippen LogP contribution is 2.26. The number of benzene rings is 2. The summed E-state index contributed by atoms with van der Waals surface area (Å²) in [5, 5.41) is 15.6. The summed E-state index contributed by atoms with van der Waals surface area (Å²) in [7, 11) is 0. The zero-order valence-electron chi connectivity index (χ0n) is 15.2. The Hall–Kier alpha value is -3.46. The average molecular weight is 361 g/mol. The molecule has 0 bridgehead atoms. The van der Waals surface area contributed by atoms with Crippen LogP contribution in [0.25, 0.3) is 11.3 Å². The molecule has 0 spiro atoms. The average Bonchev–Trinajstić information content (AvgIpc) is 2.68. The quantitative estimate of drug-likeness (QED) is 0.638. The maximum atomic E-state index is 13.9. The Balaban J connectivity index is 2.03. The van der Waals surface area contributed by atoms with Crippen LogP contribution in [-0.4, -0.2) is 16.0 Å². The molecule has 0 fully saturated rings. The van der Waals surface area contributed by atoms with Crippen LogP contribution >= 0.6 is 0 Å². The van der Waals surface area contributed by atoms with E-state index >= 15 is 0 Å². The molecule has 0 unspecified atom stereocenters. The molecule has 2 N–H and O–H groups in total. The van der Waals surface area contributed by atoms with Gasteiger partial charge in [0.05, 0.1) is 11.4 Å². The molecule has 0 radical (unpaired) electrons. The first kappa shape index (κ1) is 18.3. The number of nitrogens with zero attached hydrogens (tertiary/aromatic N) is 3. The van der Waals surface area contributed by atoms with Gasteiger partial charge in [-0.1, -0.05) is 43.3 Å². The van der Waals surface area contributed by atoms with Gasteiger partial charge in [0, 0.05) is 17.7 Å². The molecule has 0 saturated heterocycles. The lowest BCUT2D eigenvalue weighted by Crippen LogP contribution is -2.16. The van der Waals surface area contributed by atoms with Crippen LogP contribution in [0.4, 0.5) is 21.8 Å². The predicted molar refractivity (Wildman–Crippen MR) is 105 cm³/mol. The normalized spacial score (nSPS) is 11.5. The lowest BCUT2D eigenvalue weighted by Gasteiger charge is -2.15. The van der Waals surface area contributed by atoms with Crippen LogP contribution in [0.15, 0.2) is 54.6 Å². The van der Waals surface area contributed by atoms with E-state index in [1.165, 1.54) is 6.07 Å². The van der Waals surface area contributed by atoms with E-state index in [0.29, 0.717) is 17.5 Å². The molecule has 2 aromatic carbocycles. The number of nitrogens with one attached hydrogen (secondary N) is 2. The minimum atomic E-state index is -0.571. The van der Waals surface area contributed by atoms with E-state index in [1.807, 2.05) is 43.3 Å². The molecule has 1 heterocycles. The first-order valence-electron chi connectivity index (χ1n) is 8.77. The molecular weight excluding hydrogens is 341 g/mol. The Labute approximate surface area is 157 Å². The topological polar surface area (TPSA) is 73.6 Å². The van der Waals surface area contributed by atoms with Crippen molar-refractivity contribution in [2.24, 2.45) is 0 Å². The van der Waals surface area contributed by atoms with Crippen molar-refractivity contribution in [1.29, 1.82) is 5.26 Å². The molecule has 5 nitrogen and oxygen atoms in total. The maximum Gasteiger partial charge on any atom is 0.225 e. The van der Waals surface area contributed by atoms with E-state index in [0.717, 1.165) is 17.7 Å². The van der Waals surface area contributed by atoms with E-state index in [9.17, 15) is 9.65 Å². The van der Waals surface area contributed by atoms with E-state index in [-0.39, 0.29) is 11.6 Å². The van der Waals surface area contributed by atoms with Crippen LogP contribution in [0.1, 0.15) is 25.8 Å². The molecule has 1 aromatic heterocycles. The van der Waals surface area contributed by atoms with Gasteiger partial charge in [-0.2, -0.15) is 10.2 Å². The summed E-state index contributed by atoms with van der Waals surface area (Å²) in [6.07, 6.45) is 0.921. The van der Waals surface area contributed by atoms with E-state index in [4.69, 9.17) is 0 Å². The Bertz CT molecular complexity index is 966. The SMILES string of the molecule is CC[C@H](C)Nc1nc(Nc2cccc(F)c2C#N)cc(-c2ccccc2)n1. The molecule has 0 aliphatic rings. The highest BCUT2D eigenvalue weighted by molar-refractivity contribution is 5.70. The Kier molecular flexibility index (Phi) is 5.62. The van der Waals surface area contributed by atoms with Gasteiger partial charge >= 0.3 is 0 Å². The molecule has 136 valence electrons. The van der Waals surface area contributed by atoms with Gasteiger partial charge in [0.1, 0.15) is 23.3 Å². The summed E-state index contributed by atoms with van der Waals surface area (Å²) in [5.41, 5.74) is 1.99. The third-order valence-corrected chi connectivity index (χ3v) is 4.17. The lowest BCUT2D eigenvalue weighted by atomic mass is 10.1. The van der Waals surface area contributed by atoms with E-state index in [1.54, 1.807) is 18.2 Å². The molecule has 0 aliphatic heterocycles. The van der Waals surface area contributed by atoms with Gasteiger partial charge in [-0.25, -0.2) is 9.37 Å². The summed E-state index contributed by atoms with van der Waals surface area (Å²) in [5.74, 6) is 0.387. The molecule has 1 atom stereocenters. The van der Waals surface area contributed by atoms with E-state index < -0.39 is 5.82 Å². The van der Waals surface area contributed by atoms with Crippen LogP contribution < -0.4 is 10.6 Å². The maximum absolute atomic E-state index is 13.9. The van der Waals surface area contributed by atoms with Crippen LogP contribution in [0, 0.1) is 17.1 Å². The van der Waals surface area contributed by atoms with Gasteiger partial charge in [0.2, 0.25) is 5.95 Å².